The molecule has 0 aliphatic heterocycles. The SMILES string of the molecule is CC(=O)c1ccc(S(C)(=O)=O)c(F)c1F. The third-order valence-corrected chi connectivity index (χ3v) is 2.94. The number of sulfone groups is 1. The van der Waals surface area contributed by atoms with Gasteiger partial charge < -0.3 is 0 Å². The van der Waals surface area contributed by atoms with E-state index in [0.717, 1.165) is 25.3 Å². The second-order valence-corrected chi connectivity index (χ2v) is 5.05. The smallest absolute Gasteiger partial charge is 0.178 e. The zero-order valence-corrected chi connectivity index (χ0v) is 8.86. The van der Waals surface area contributed by atoms with Gasteiger partial charge >= 0.3 is 0 Å². The number of ketones is 1. The van der Waals surface area contributed by atoms with Crippen molar-refractivity contribution < 1.29 is 22.0 Å². The summed E-state index contributed by atoms with van der Waals surface area (Å²) in [5.74, 6) is -3.60. The van der Waals surface area contributed by atoms with E-state index in [1.54, 1.807) is 0 Å². The fraction of sp³-hybridized carbons (Fsp3) is 0.222. The van der Waals surface area contributed by atoms with Crippen LogP contribution < -0.4 is 0 Å². The lowest BCUT2D eigenvalue weighted by atomic mass is 10.1. The van der Waals surface area contributed by atoms with E-state index in [4.69, 9.17) is 0 Å². The Hall–Kier alpha value is -1.30. The Labute approximate surface area is 85.6 Å². The molecule has 0 radical (unpaired) electrons. The first-order chi connectivity index (χ1) is 6.75. The molecule has 0 bridgehead atoms. The van der Waals surface area contributed by atoms with E-state index in [1.807, 2.05) is 0 Å². The molecule has 3 nitrogen and oxygen atoms in total. The number of carbonyl (C=O) groups excluding carboxylic acids is 1. The van der Waals surface area contributed by atoms with E-state index >= 15 is 0 Å². The predicted octanol–water partition coefficient (Wildman–Crippen LogP) is 1.57. The Morgan fingerprint density at radius 2 is 1.73 bits per heavy atom. The maximum absolute atomic E-state index is 13.2. The van der Waals surface area contributed by atoms with Crippen molar-refractivity contribution in [2.75, 3.05) is 6.26 Å². The molecule has 0 heterocycles. The predicted molar refractivity (Wildman–Crippen MR) is 49.5 cm³/mol. The van der Waals surface area contributed by atoms with Gasteiger partial charge in [0.15, 0.2) is 27.3 Å². The molecule has 1 aromatic carbocycles. The van der Waals surface area contributed by atoms with Crippen molar-refractivity contribution in [2.45, 2.75) is 11.8 Å². The first kappa shape index (κ1) is 11.8. The molecular weight excluding hydrogens is 226 g/mol. The first-order valence-electron chi connectivity index (χ1n) is 3.94. The van der Waals surface area contributed by atoms with Gasteiger partial charge in [-0.25, -0.2) is 17.2 Å². The monoisotopic (exact) mass is 234 g/mol. The van der Waals surface area contributed by atoms with Crippen LogP contribution in [0.25, 0.3) is 0 Å². The lowest BCUT2D eigenvalue weighted by Crippen LogP contribution is -2.07. The van der Waals surface area contributed by atoms with Gasteiger partial charge in [-0.1, -0.05) is 0 Å². The van der Waals surface area contributed by atoms with Crippen molar-refractivity contribution in [3.05, 3.63) is 29.3 Å². The molecule has 1 rings (SSSR count). The van der Waals surface area contributed by atoms with Crippen LogP contribution in [-0.2, 0) is 9.84 Å². The zero-order valence-electron chi connectivity index (χ0n) is 8.04. The summed E-state index contributed by atoms with van der Waals surface area (Å²) < 4.78 is 48.4. The Bertz CT molecular complexity index is 520. The van der Waals surface area contributed by atoms with Crippen molar-refractivity contribution >= 4 is 15.6 Å². The summed E-state index contributed by atoms with van der Waals surface area (Å²) in [5.41, 5.74) is -0.458. The number of Topliss-reactive ketones (excluding diaryl/α,β-unsaturated/α-hetero) is 1. The highest BCUT2D eigenvalue weighted by molar-refractivity contribution is 7.90. The summed E-state index contributed by atoms with van der Waals surface area (Å²) in [4.78, 5) is 10.1. The quantitative estimate of drug-likeness (QED) is 0.730. The third kappa shape index (κ3) is 2.20. The fourth-order valence-corrected chi connectivity index (χ4v) is 1.82. The molecule has 0 aliphatic carbocycles. The highest BCUT2D eigenvalue weighted by Crippen LogP contribution is 2.20. The molecule has 0 fully saturated rings. The second kappa shape index (κ2) is 3.69. The summed E-state index contributed by atoms with van der Waals surface area (Å²) >= 11 is 0. The van der Waals surface area contributed by atoms with E-state index in [9.17, 15) is 22.0 Å². The molecular formula is C9H8F2O3S. The topological polar surface area (TPSA) is 51.2 Å². The van der Waals surface area contributed by atoms with Crippen molar-refractivity contribution in [3.63, 3.8) is 0 Å². The number of benzene rings is 1. The van der Waals surface area contributed by atoms with Gasteiger partial charge in [0.1, 0.15) is 4.90 Å². The molecule has 0 saturated carbocycles. The van der Waals surface area contributed by atoms with Crippen LogP contribution in [0.3, 0.4) is 0 Å². The summed E-state index contributed by atoms with van der Waals surface area (Å²) in [6, 6.07) is 1.83. The minimum atomic E-state index is -3.82. The van der Waals surface area contributed by atoms with Crippen LogP contribution in [0, 0.1) is 11.6 Å². The van der Waals surface area contributed by atoms with Crippen LogP contribution in [-0.4, -0.2) is 20.5 Å². The molecule has 82 valence electrons. The maximum atomic E-state index is 13.2. The molecule has 1 aromatic rings. The van der Waals surface area contributed by atoms with Gasteiger partial charge in [0, 0.05) is 6.26 Å². The molecule has 0 saturated heterocycles. The molecule has 0 atom stereocenters. The largest absolute Gasteiger partial charge is 0.294 e. The van der Waals surface area contributed by atoms with Crippen molar-refractivity contribution in [1.82, 2.24) is 0 Å². The van der Waals surface area contributed by atoms with Crippen LogP contribution in [0.5, 0.6) is 0 Å². The Morgan fingerprint density at radius 1 is 1.20 bits per heavy atom. The van der Waals surface area contributed by atoms with E-state index in [1.165, 1.54) is 0 Å². The van der Waals surface area contributed by atoms with Gasteiger partial charge in [-0.3, -0.25) is 4.79 Å². The van der Waals surface area contributed by atoms with Crippen LogP contribution in [0.1, 0.15) is 17.3 Å². The molecule has 6 heteroatoms. The van der Waals surface area contributed by atoms with Gasteiger partial charge in [-0.15, -0.1) is 0 Å². The van der Waals surface area contributed by atoms with Crippen molar-refractivity contribution in [2.24, 2.45) is 0 Å². The first-order valence-corrected chi connectivity index (χ1v) is 5.83. The van der Waals surface area contributed by atoms with Crippen LogP contribution in [0.4, 0.5) is 8.78 Å². The second-order valence-electron chi connectivity index (χ2n) is 3.07. The van der Waals surface area contributed by atoms with E-state index in [-0.39, 0.29) is 0 Å². The van der Waals surface area contributed by atoms with E-state index in [0.29, 0.717) is 0 Å². The van der Waals surface area contributed by atoms with Crippen LogP contribution in [0.15, 0.2) is 17.0 Å². The van der Waals surface area contributed by atoms with E-state index in [2.05, 4.69) is 0 Å². The molecule has 15 heavy (non-hydrogen) atoms. The number of hydrogen-bond acceptors (Lipinski definition) is 3. The molecule has 0 aliphatic rings. The minimum absolute atomic E-state index is 0.458. The van der Waals surface area contributed by atoms with Crippen molar-refractivity contribution in [1.29, 1.82) is 0 Å². The van der Waals surface area contributed by atoms with Gasteiger partial charge in [-0.05, 0) is 19.1 Å². The average molecular weight is 234 g/mol. The highest BCUT2D eigenvalue weighted by atomic mass is 32.2. The summed E-state index contributed by atoms with van der Waals surface area (Å²) in [5, 5.41) is 0. The number of carbonyl (C=O) groups is 1. The maximum Gasteiger partial charge on any atom is 0.178 e. The van der Waals surface area contributed by atoms with Gasteiger partial charge in [-0.2, -0.15) is 0 Å². The zero-order chi connectivity index (χ0) is 11.8. The lowest BCUT2D eigenvalue weighted by molar-refractivity contribution is 0.101. The van der Waals surface area contributed by atoms with Crippen LogP contribution in [0.2, 0.25) is 0 Å². The Morgan fingerprint density at radius 3 is 2.13 bits per heavy atom. The summed E-state index contributed by atoms with van der Waals surface area (Å²) in [6.07, 6.45) is 0.762. The molecule has 0 unspecified atom stereocenters. The van der Waals surface area contributed by atoms with Gasteiger partial charge in [0.05, 0.1) is 5.56 Å². The summed E-state index contributed by atoms with van der Waals surface area (Å²) in [6.45, 7) is 1.07. The van der Waals surface area contributed by atoms with Gasteiger partial charge in [0.2, 0.25) is 0 Å². The lowest BCUT2D eigenvalue weighted by Gasteiger charge is -2.04. The normalized spacial score (nSPS) is 11.5. The Balaban J connectivity index is 3.55. The van der Waals surface area contributed by atoms with Gasteiger partial charge in [0.25, 0.3) is 0 Å². The highest BCUT2D eigenvalue weighted by Gasteiger charge is 2.21. The van der Waals surface area contributed by atoms with E-state index < -0.39 is 37.7 Å². The standard InChI is InChI=1S/C9H8F2O3S/c1-5(12)6-3-4-7(15(2,13)14)9(11)8(6)10/h3-4H,1-2H3. The average Bonchev–Trinajstić information content (AvgIpc) is 2.06. The minimum Gasteiger partial charge on any atom is -0.294 e. The molecule has 0 spiro atoms. The number of rotatable bonds is 2. The van der Waals surface area contributed by atoms with Crippen LogP contribution >= 0.6 is 0 Å². The van der Waals surface area contributed by atoms with Crippen molar-refractivity contribution in [3.8, 4) is 0 Å². The third-order valence-electron chi connectivity index (χ3n) is 1.83. The number of hydrogen-bond donors (Lipinski definition) is 0. The molecule has 0 aromatic heterocycles. The Kier molecular flexibility index (Phi) is 2.90. The number of halogens is 2. The fourth-order valence-electron chi connectivity index (χ4n) is 1.09. The molecule has 0 amide bonds. The molecule has 0 N–H and O–H groups in total. The summed E-state index contributed by atoms with van der Waals surface area (Å²) in [7, 11) is -3.82.